The molecule has 108 valence electrons. The third kappa shape index (κ3) is 2.14. The first-order chi connectivity index (χ1) is 10.3. The molecule has 0 amide bonds. The van der Waals surface area contributed by atoms with Crippen LogP contribution in [0.15, 0.2) is 23.1 Å². The molecule has 1 fully saturated rings. The Labute approximate surface area is 121 Å². The summed E-state index contributed by atoms with van der Waals surface area (Å²) < 4.78 is 5.29. The molecule has 1 aliphatic rings. The molecule has 7 heteroatoms. The molecular weight excluding hydrogens is 268 g/mol. The minimum Gasteiger partial charge on any atom is -0.356 e. The molecule has 0 aromatic carbocycles. The van der Waals surface area contributed by atoms with Gasteiger partial charge in [-0.3, -0.25) is 0 Å². The molecule has 1 N–H and O–H groups in total. The smallest absolute Gasteiger partial charge is 0.229 e. The maximum absolute atomic E-state index is 5.29. The van der Waals surface area contributed by atoms with Crippen LogP contribution in [0.2, 0.25) is 0 Å². The maximum Gasteiger partial charge on any atom is 0.229 e. The molecule has 1 aliphatic heterocycles. The Hall–Kier alpha value is -2.44. The zero-order chi connectivity index (χ0) is 14.2. The number of hydrogen-bond acceptors (Lipinski definition) is 6. The summed E-state index contributed by atoms with van der Waals surface area (Å²) in [5.74, 6) is 2.83. The highest BCUT2D eigenvalue weighted by molar-refractivity contribution is 5.87. The number of anilines is 1. The van der Waals surface area contributed by atoms with Gasteiger partial charge < -0.3 is 14.4 Å². The van der Waals surface area contributed by atoms with E-state index >= 15 is 0 Å². The molecule has 0 atom stereocenters. The lowest BCUT2D eigenvalue weighted by Crippen LogP contribution is -2.33. The number of nitrogens with one attached hydrogen (secondary N) is 1. The van der Waals surface area contributed by atoms with E-state index in [1.165, 1.54) is 0 Å². The molecule has 0 unspecified atom stereocenters. The average molecular weight is 284 g/mol. The molecule has 1 saturated heterocycles. The van der Waals surface area contributed by atoms with Crippen molar-refractivity contribution < 1.29 is 4.52 Å². The number of hydrogen-bond donors (Lipinski definition) is 1. The quantitative estimate of drug-likeness (QED) is 0.775. The van der Waals surface area contributed by atoms with Crippen LogP contribution in [-0.2, 0) is 0 Å². The molecule has 0 saturated carbocycles. The van der Waals surface area contributed by atoms with Crippen LogP contribution >= 0.6 is 0 Å². The van der Waals surface area contributed by atoms with E-state index in [4.69, 9.17) is 4.52 Å². The SMILES string of the molecule is Cc1noc(C2CCN(c3ncnc4[nH]ccc34)CC2)n1. The van der Waals surface area contributed by atoms with Crippen LogP contribution in [0.25, 0.3) is 11.0 Å². The van der Waals surface area contributed by atoms with Crippen molar-refractivity contribution in [3.8, 4) is 0 Å². The predicted octanol–water partition coefficient (Wildman–Crippen LogP) is 2.03. The molecule has 3 aromatic rings. The summed E-state index contributed by atoms with van der Waals surface area (Å²) in [6.45, 7) is 3.72. The van der Waals surface area contributed by atoms with E-state index in [0.717, 1.165) is 48.7 Å². The van der Waals surface area contributed by atoms with Gasteiger partial charge in [0.15, 0.2) is 5.82 Å². The number of aromatic amines is 1. The minimum absolute atomic E-state index is 0.353. The van der Waals surface area contributed by atoms with E-state index in [1.807, 2.05) is 19.2 Å². The summed E-state index contributed by atoms with van der Waals surface area (Å²) in [6, 6.07) is 2.03. The average Bonchev–Trinajstić information content (AvgIpc) is 3.15. The molecule has 4 rings (SSSR count). The standard InChI is InChI=1S/C14H16N6O/c1-9-18-14(21-19-9)10-3-6-20(7-4-10)13-11-2-5-15-12(11)16-8-17-13/h2,5,8,10H,3-4,6-7H2,1H3,(H,15,16,17). The molecule has 0 bridgehead atoms. The van der Waals surface area contributed by atoms with Gasteiger partial charge in [-0.25, -0.2) is 9.97 Å². The second-order valence-corrected chi connectivity index (χ2v) is 5.38. The zero-order valence-corrected chi connectivity index (χ0v) is 11.8. The molecule has 3 aromatic heterocycles. The largest absolute Gasteiger partial charge is 0.356 e. The van der Waals surface area contributed by atoms with E-state index in [2.05, 4.69) is 30.0 Å². The van der Waals surface area contributed by atoms with Crippen LogP contribution in [0, 0.1) is 6.92 Å². The Morgan fingerprint density at radius 1 is 1.29 bits per heavy atom. The number of H-pyrrole nitrogens is 1. The Morgan fingerprint density at radius 2 is 2.14 bits per heavy atom. The van der Waals surface area contributed by atoms with E-state index in [9.17, 15) is 0 Å². The number of piperidine rings is 1. The van der Waals surface area contributed by atoms with Gasteiger partial charge >= 0.3 is 0 Å². The van der Waals surface area contributed by atoms with Gasteiger partial charge in [0.05, 0.1) is 5.39 Å². The van der Waals surface area contributed by atoms with Gasteiger partial charge in [-0.15, -0.1) is 0 Å². The highest BCUT2D eigenvalue weighted by Gasteiger charge is 2.26. The highest BCUT2D eigenvalue weighted by Crippen LogP contribution is 2.31. The number of nitrogens with zero attached hydrogens (tertiary/aromatic N) is 5. The van der Waals surface area contributed by atoms with Gasteiger partial charge in [-0.05, 0) is 25.8 Å². The Balaban J connectivity index is 1.53. The van der Waals surface area contributed by atoms with Crippen molar-refractivity contribution >= 4 is 16.9 Å². The summed E-state index contributed by atoms with van der Waals surface area (Å²) in [5.41, 5.74) is 0.884. The van der Waals surface area contributed by atoms with Crippen LogP contribution in [0.5, 0.6) is 0 Å². The normalized spacial score (nSPS) is 16.7. The van der Waals surface area contributed by atoms with Gasteiger partial charge in [0, 0.05) is 25.2 Å². The number of rotatable bonds is 2. The van der Waals surface area contributed by atoms with Gasteiger partial charge in [0.1, 0.15) is 17.8 Å². The van der Waals surface area contributed by atoms with Crippen molar-refractivity contribution in [3.63, 3.8) is 0 Å². The monoisotopic (exact) mass is 284 g/mol. The van der Waals surface area contributed by atoms with Crippen molar-refractivity contribution in [2.24, 2.45) is 0 Å². The molecular formula is C14H16N6O. The fourth-order valence-electron chi connectivity index (χ4n) is 2.93. The van der Waals surface area contributed by atoms with Gasteiger partial charge in [0.2, 0.25) is 5.89 Å². The Morgan fingerprint density at radius 3 is 2.90 bits per heavy atom. The van der Waals surface area contributed by atoms with E-state index in [-0.39, 0.29) is 0 Å². The zero-order valence-electron chi connectivity index (χ0n) is 11.8. The Bertz CT molecular complexity index is 756. The second-order valence-electron chi connectivity index (χ2n) is 5.38. The lowest BCUT2D eigenvalue weighted by atomic mass is 9.96. The summed E-state index contributed by atoms with van der Waals surface area (Å²) in [6.07, 6.45) is 5.51. The van der Waals surface area contributed by atoms with Gasteiger partial charge in [-0.2, -0.15) is 4.98 Å². The lowest BCUT2D eigenvalue weighted by molar-refractivity contribution is 0.327. The van der Waals surface area contributed by atoms with E-state index in [1.54, 1.807) is 6.33 Å². The maximum atomic E-state index is 5.29. The summed E-state index contributed by atoms with van der Waals surface area (Å²) in [4.78, 5) is 18.5. The van der Waals surface area contributed by atoms with E-state index < -0.39 is 0 Å². The van der Waals surface area contributed by atoms with Crippen molar-refractivity contribution in [1.82, 2.24) is 25.1 Å². The fraction of sp³-hybridized carbons (Fsp3) is 0.429. The van der Waals surface area contributed by atoms with Crippen molar-refractivity contribution in [2.45, 2.75) is 25.7 Å². The predicted molar refractivity (Wildman–Crippen MR) is 77.1 cm³/mol. The summed E-state index contributed by atoms with van der Waals surface area (Å²) in [5, 5.41) is 4.95. The van der Waals surface area contributed by atoms with Gasteiger partial charge in [0.25, 0.3) is 0 Å². The molecule has 0 spiro atoms. The van der Waals surface area contributed by atoms with Gasteiger partial charge in [-0.1, -0.05) is 5.16 Å². The first-order valence-corrected chi connectivity index (χ1v) is 7.14. The van der Waals surface area contributed by atoms with Crippen molar-refractivity contribution in [3.05, 3.63) is 30.3 Å². The summed E-state index contributed by atoms with van der Waals surface area (Å²) in [7, 11) is 0. The van der Waals surface area contributed by atoms with Crippen LogP contribution in [0.1, 0.15) is 30.5 Å². The number of aryl methyl sites for hydroxylation is 1. The lowest BCUT2D eigenvalue weighted by Gasteiger charge is -2.31. The number of fused-ring (bicyclic) bond motifs is 1. The molecule has 21 heavy (non-hydrogen) atoms. The van der Waals surface area contributed by atoms with Crippen LogP contribution in [-0.4, -0.2) is 38.2 Å². The van der Waals surface area contributed by atoms with Crippen LogP contribution in [0.4, 0.5) is 5.82 Å². The molecule has 7 nitrogen and oxygen atoms in total. The third-order valence-corrected chi connectivity index (χ3v) is 4.02. The second kappa shape index (κ2) is 4.83. The first kappa shape index (κ1) is 12.3. The molecule has 0 radical (unpaired) electrons. The fourth-order valence-corrected chi connectivity index (χ4v) is 2.93. The van der Waals surface area contributed by atoms with Crippen molar-refractivity contribution in [2.75, 3.05) is 18.0 Å². The van der Waals surface area contributed by atoms with Crippen molar-refractivity contribution in [1.29, 1.82) is 0 Å². The Kier molecular flexibility index (Phi) is 2.83. The minimum atomic E-state index is 0.353. The third-order valence-electron chi connectivity index (χ3n) is 4.02. The molecule has 4 heterocycles. The summed E-state index contributed by atoms with van der Waals surface area (Å²) >= 11 is 0. The first-order valence-electron chi connectivity index (χ1n) is 7.14. The number of aromatic nitrogens is 5. The topological polar surface area (TPSA) is 83.7 Å². The van der Waals surface area contributed by atoms with Crippen LogP contribution < -0.4 is 4.90 Å². The van der Waals surface area contributed by atoms with Crippen LogP contribution in [0.3, 0.4) is 0 Å². The van der Waals surface area contributed by atoms with E-state index in [0.29, 0.717) is 11.7 Å². The highest BCUT2D eigenvalue weighted by atomic mass is 16.5. The molecule has 0 aliphatic carbocycles.